The Hall–Kier alpha value is -0.630. The van der Waals surface area contributed by atoms with Gasteiger partial charge in [-0.2, -0.15) is 0 Å². The summed E-state index contributed by atoms with van der Waals surface area (Å²) in [5.74, 6) is 0.911. The molecule has 0 amide bonds. The predicted molar refractivity (Wildman–Crippen MR) is 52.6 cm³/mol. The molecule has 3 atom stereocenters. The summed E-state index contributed by atoms with van der Waals surface area (Å²) >= 11 is 0. The Bertz CT molecular complexity index is 194. The van der Waals surface area contributed by atoms with Crippen LogP contribution in [-0.2, 0) is 9.53 Å². The summed E-state index contributed by atoms with van der Waals surface area (Å²) in [6.07, 6.45) is 7.11. The minimum atomic E-state index is 0.167. The molecule has 0 bridgehead atoms. The molecule has 0 aromatic heterocycles. The van der Waals surface area contributed by atoms with Crippen LogP contribution in [0.2, 0.25) is 0 Å². The summed E-state index contributed by atoms with van der Waals surface area (Å²) < 4.78 is 5.36. The second kappa shape index (κ2) is 4.56. The predicted octanol–water partition coefficient (Wildman–Crippen LogP) is 2.34. The molecule has 1 aliphatic carbocycles. The Morgan fingerprint density at radius 2 is 2.00 bits per heavy atom. The van der Waals surface area contributed by atoms with Crippen molar-refractivity contribution >= 4 is 5.78 Å². The van der Waals surface area contributed by atoms with Gasteiger partial charge in [0.05, 0.1) is 12.2 Å². The van der Waals surface area contributed by atoms with Crippen LogP contribution in [0.15, 0.2) is 12.7 Å². The lowest BCUT2D eigenvalue weighted by Crippen LogP contribution is -2.10. The maximum absolute atomic E-state index is 9.44. The van der Waals surface area contributed by atoms with Crippen molar-refractivity contribution in [3.8, 4) is 0 Å². The van der Waals surface area contributed by atoms with Gasteiger partial charge in [0.25, 0.3) is 0 Å². The molecular weight excluding hydrogens is 164 g/mol. The van der Waals surface area contributed by atoms with Gasteiger partial charge in [0, 0.05) is 0 Å². The van der Waals surface area contributed by atoms with Crippen LogP contribution in [0.5, 0.6) is 0 Å². The highest BCUT2D eigenvalue weighted by atomic mass is 16.6. The van der Waals surface area contributed by atoms with Crippen LogP contribution >= 0.6 is 0 Å². The quantitative estimate of drug-likeness (QED) is 0.460. The van der Waals surface area contributed by atoms with E-state index >= 15 is 0 Å². The molecule has 1 saturated heterocycles. The summed E-state index contributed by atoms with van der Waals surface area (Å²) in [5.41, 5.74) is 0. The first-order valence-corrected chi connectivity index (χ1v) is 4.88. The molecule has 1 heterocycles. The number of rotatable bonds is 1. The fourth-order valence-corrected chi connectivity index (χ4v) is 1.65. The van der Waals surface area contributed by atoms with Crippen molar-refractivity contribution in [3.63, 3.8) is 0 Å². The van der Waals surface area contributed by atoms with E-state index in [1.54, 1.807) is 0 Å². The van der Waals surface area contributed by atoms with Crippen LogP contribution in [0.3, 0.4) is 0 Å². The molecule has 74 valence electrons. The highest BCUT2D eigenvalue weighted by Crippen LogP contribution is 2.39. The Morgan fingerprint density at radius 1 is 1.38 bits per heavy atom. The van der Waals surface area contributed by atoms with E-state index in [4.69, 9.17) is 4.74 Å². The fraction of sp³-hybridized carbons (Fsp3) is 0.727. The van der Waals surface area contributed by atoms with Crippen molar-refractivity contribution in [2.24, 2.45) is 5.92 Å². The number of hydrogen-bond acceptors (Lipinski definition) is 2. The van der Waals surface area contributed by atoms with Crippen LogP contribution in [0.4, 0.5) is 0 Å². The third-order valence-electron chi connectivity index (χ3n) is 2.38. The van der Waals surface area contributed by atoms with Crippen LogP contribution in [0.25, 0.3) is 0 Å². The van der Waals surface area contributed by atoms with Crippen molar-refractivity contribution < 1.29 is 9.53 Å². The zero-order valence-electron chi connectivity index (χ0n) is 8.45. The lowest BCUT2D eigenvalue weighted by molar-refractivity contribution is -0.114. The number of ketones is 1. The van der Waals surface area contributed by atoms with E-state index < -0.39 is 0 Å². The van der Waals surface area contributed by atoms with E-state index in [-0.39, 0.29) is 5.78 Å². The second-order valence-electron chi connectivity index (χ2n) is 3.93. The molecular formula is C11H18O2. The van der Waals surface area contributed by atoms with Crippen LogP contribution in [-0.4, -0.2) is 18.0 Å². The van der Waals surface area contributed by atoms with Gasteiger partial charge in [0.15, 0.2) is 0 Å². The lowest BCUT2D eigenvalue weighted by Gasteiger charge is -2.12. The number of carbonyl (C=O) groups is 1. The molecule has 3 unspecified atom stereocenters. The summed E-state index contributed by atoms with van der Waals surface area (Å²) in [6, 6.07) is 0. The van der Waals surface area contributed by atoms with E-state index in [9.17, 15) is 4.79 Å². The molecule has 2 aliphatic rings. The smallest absolute Gasteiger partial charge is 0.126 e. The summed E-state index contributed by atoms with van der Waals surface area (Å²) in [7, 11) is 0. The molecule has 2 fully saturated rings. The zero-order valence-corrected chi connectivity index (χ0v) is 8.45. The van der Waals surface area contributed by atoms with Gasteiger partial charge < -0.3 is 9.53 Å². The summed E-state index contributed by atoms with van der Waals surface area (Å²) in [4.78, 5) is 9.44. The normalized spacial score (nSPS) is 35.1. The van der Waals surface area contributed by atoms with Gasteiger partial charge >= 0.3 is 0 Å². The first-order chi connectivity index (χ1) is 6.13. The number of allylic oxidation sites excluding steroid dienone is 1. The van der Waals surface area contributed by atoms with Gasteiger partial charge in [-0.3, -0.25) is 0 Å². The van der Waals surface area contributed by atoms with E-state index in [2.05, 4.69) is 12.7 Å². The van der Waals surface area contributed by atoms with Crippen LogP contribution in [0.1, 0.15) is 33.1 Å². The molecule has 0 radical (unpaired) electrons. The number of carbonyl (C=O) groups excluding carboxylic acids is 1. The number of ether oxygens (including phenoxy) is 1. The Labute approximate surface area is 80.0 Å². The maximum Gasteiger partial charge on any atom is 0.126 e. The number of Topliss-reactive ketones (excluding diaryl/α,β-unsaturated/α-hetero) is 1. The van der Waals surface area contributed by atoms with Gasteiger partial charge in [-0.25, -0.2) is 0 Å². The molecule has 2 rings (SSSR count). The fourth-order valence-electron chi connectivity index (χ4n) is 1.65. The average molecular weight is 182 g/mol. The monoisotopic (exact) mass is 182 g/mol. The minimum Gasteiger partial charge on any atom is -0.370 e. The SMILES string of the molecule is C=CC1CCC2OC2C1.CC(C)=O. The summed E-state index contributed by atoms with van der Waals surface area (Å²) in [6.45, 7) is 6.84. The number of fused-ring (bicyclic) bond motifs is 1. The van der Waals surface area contributed by atoms with Gasteiger partial charge in [-0.1, -0.05) is 6.08 Å². The number of epoxide rings is 1. The molecule has 1 saturated carbocycles. The molecule has 1 aliphatic heterocycles. The highest BCUT2D eigenvalue weighted by Gasteiger charge is 2.42. The topological polar surface area (TPSA) is 29.6 Å². The highest BCUT2D eigenvalue weighted by molar-refractivity contribution is 5.72. The molecule has 0 N–H and O–H groups in total. The zero-order chi connectivity index (χ0) is 9.84. The largest absolute Gasteiger partial charge is 0.370 e. The van der Waals surface area contributed by atoms with E-state index in [0.29, 0.717) is 12.2 Å². The second-order valence-corrected chi connectivity index (χ2v) is 3.93. The lowest BCUT2D eigenvalue weighted by atomic mass is 9.90. The molecule has 0 spiro atoms. The molecule has 0 aromatic rings. The van der Waals surface area contributed by atoms with Gasteiger partial charge in [-0.15, -0.1) is 6.58 Å². The molecule has 2 heteroatoms. The van der Waals surface area contributed by atoms with E-state index in [0.717, 1.165) is 5.92 Å². The first kappa shape index (κ1) is 10.5. The molecule has 13 heavy (non-hydrogen) atoms. The first-order valence-electron chi connectivity index (χ1n) is 4.88. The maximum atomic E-state index is 9.44. The van der Waals surface area contributed by atoms with Gasteiger partial charge in [-0.05, 0) is 39.0 Å². The van der Waals surface area contributed by atoms with Crippen molar-refractivity contribution in [2.45, 2.75) is 45.3 Å². The van der Waals surface area contributed by atoms with Crippen molar-refractivity contribution in [1.29, 1.82) is 0 Å². The van der Waals surface area contributed by atoms with Gasteiger partial charge in [0.1, 0.15) is 5.78 Å². The minimum absolute atomic E-state index is 0.167. The average Bonchev–Trinajstić information content (AvgIpc) is 2.80. The van der Waals surface area contributed by atoms with E-state index in [1.165, 1.54) is 33.1 Å². The summed E-state index contributed by atoms with van der Waals surface area (Å²) in [5, 5.41) is 0. The van der Waals surface area contributed by atoms with Crippen molar-refractivity contribution in [2.75, 3.05) is 0 Å². The third-order valence-corrected chi connectivity index (χ3v) is 2.38. The van der Waals surface area contributed by atoms with Crippen LogP contribution in [0, 0.1) is 5.92 Å². The standard InChI is InChI=1S/C8H12O.C3H6O/c1-2-6-3-4-7-8(5-6)9-7;1-3(2)4/h2,6-8H,1,3-5H2;1-2H3. The van der Waals surface area contributed by atoms with Crippen LogP contribution < -0.4 is 0 Å². The molecule has 2 nitrogen and oxygen atoms in total. The van der Waals surface area contributed by atoms with Crippen molar-refractivity contribution in [1.82, 2.24) is 0 Å². The Morgan fingerprint density at radius 3 is 2.46 bits per heavy atom. The molecule has 0 aromatic carbocycles. The Kier molecular flexibility index (Phi) is 3.67. The van der Waals surface area contributed by atoms with Crippen molar-refractivity contribution in [3.05, 3.63) is 12.7 Å². The van der Waals surface area contributed by atoms with Gasteiger partial charge in [0.2, 0.25) is 0 Å². The number of hydrogen-bond donors (Lipinski definition) is 0. The van der Waals surface area contributed by atoms with E-state index in [1.807, 2.05) is 0 Å². The Balaban J connectivity index is 0.000000184. The third kappa shape index (κ3) is 3.73.